The van der Waals surface area contributed by atoms with Gasteiger partial charge in [0.2, 0.25) is 0 Å². The third-order valence-electron chi connectivity index (χ3n) is 0.408. The number of aliphatic hydroxyl groups excluding tert-OH is 2. The van der Waals surface area contributed by atoms with E-state index < -0.39 is 0 Å². The summed E-state index contributed by atoms with van der Waals surface area (Å²) in [5.74, 6) is 0. The molecule has 0 aromatic carbocycles. The largest absolute Gasteiger partial charge is 0.443 e. The molecule has 0 fully saturated rings. The van der Waals surface area contributed by atoms with Gasteiger partial charge in [-0.2, -0.15) is 5.26 Å². The van der Waals surface area contributed by atoms with Crippen molar-refractivity contribution in [2.45, 2.75) is 13.0 Å². The van der Waals surface area contributed by atoms with E-state index in [2.05, 4.69) is 4.74 Å². The Balaban J connectivity index is 0. The fourth-order valence-electron chi connectivity index (χ4n) is 0.241. The van der Waals surface area contributed by atoms with Gasteiger partial charge in [-0.05, 0) is 6.92 Å². The Morgan fingerprint density at radius 1 is 1.78 bits per heavy atom. The maximum Gasteiger partial charge on any atom is 0.283 e. The van der Waals surface area contributed by atoms with Crippen LogP contribution in [0, 0.1) is 11.5 Å². The number of rotatable bonds is 2. The van der Waals surface area contributed by atoms with Crippen LogP contribution in [0.2, 0.25) is 0 Å². The quantitative estimate of drug-likeness (QED) is 0.514. The molecule has 0 rings (SSSR count). The zero-order valence-electron chi connectivity index (χ0n) is 5.53. The van der Waals surface area contributed by atoms with Crippen LogP contribution < -0.4 is 0 Å². The van der Waals surface area contributed by atoms with Gasteiger partial charge >= 0.3 is 0 Å². The zero-order valence-corrected chi connectivity index (χ0v) is 5.53. The molecule has 1 atom stereocenters. The number of hydrogen-bond acceptors (Lipinski definition) is 4. The fourth-order valence-corrected chi connectivity index (χ4v) is 0.241. The molecule has 54 valence electrons. The average molecular weight is 133 g/mol. The van der Waals surface area contributed by atoms with E-state index in [-0.39, 0.29) is 6.10 Å². The maximum absolute atomic E-state index is 8.43. The molecule has 0 amide bonds. The number of nitrogens with zero attached hydrogens (tertiary/aromatic N) is 1. The second kappa shape index (κ2) is 10.2. The van der Waals surface area contributed by atoms with E-state index in [0.29, 0.717) is 6.61 Å². The van der Waals surface area contributed by atoms with Crippen LogP contribution in [-0.2, 0) is 4.74 Å². The van der Waals surface area contributed by atoms with Gasteiger partial charge in [-0.1, -0.05) is 0 Å². The molecule has 1 unspecified atom stereocenters. The summed E-state index contributed by atoms with van der Waals surface area (Å²) in [6, 6.07) is 0. The summed E-state index contributed by atoms with van der Waals surface area (Å²) in [5, 5.41) is 22.2. The molecule has 2 N–H and O–H groups in total. The minimum atomic E-state index is -0.324. The summed E-state index contributed by atoms with van der Waals surface area (Å²) in [5.41, 5.74) is 0. The summed E-state index contributed by atoms with van der Waals surface area (Å²) >= 11 is 0. The van der Waals surface area contributed by atoms with Crippen LogP contribution in [0.1, 0.15) is 6.92 Å². The smallest absolute Gasteiger partial charge is 0.283 e. The van der Waals surface area contributed by atoms with Crippen LogP contribution in [0.4, 0.5) is 0 Å². The van der Waals surface area contributed by atoms with Gasteiger partial charge < -0.3 is 14.9 Å². The normalized spacial score (nSPS) is 10.4. The highest BCUT2D eigenvalue weighted by Gasteiger charge is 1.87. The van der Waals surface area contributed by atoms with Gasteiger partial charge in [-0.3, -0.25) is 0 Å². The van der Waals surface area contributed by atoms with Crippen molar-refractivity contribution in [1.82, 2.24) is 0 Å². The molecule has 0 radical (unpaired) electrons. The highest BCUT2D eigenvalue weighted by molar-refractivity contribution is 4.36. The molecule has 0 heterocycles. The Bertz CT molecular complexity index is 76.8. The second-order valence-electron chi connectivity index (χ2n) is 1.40. The minimum absolute atomic E-state index is 0.324. The van der Waals surface area contributed by atoms with Crippen molar-refractivity contribution in [3.05, 3.63) is 0 Å². The number of aliphatic hydroxyl groups is 2. The molecule has 0 bridgehead atoms. The third kappa shape index (κ3) is 40.1. The first-order chi connectivity index (χ1) is 4.18. The Morgan fingerprint density at radius 3 is 2.11 bits per heavy atom. The molecule has 0 spiro atoms. The van der Waals surface area contributed by atoms with Crippen molar-refractivity contribution in [2.24, 2.45) is 0 Å². The Labute approximate surface area is 54.3 Å². The van der Waals surface area contributed by atoms with Crippen LogP contribution in [0.3, 0.4) is 0 Å². The minimum Gasteiger partial charge on any atom is -0.443 e. The second-order valence-corrected chi connectivity index (χ2v) is 1.40. The van der Waals surface area contributed by atoms with E-state index in [9.17, 15) is 0 Å². The molecule has 0 aromatic rings. The first kappa shape index (κ1) is 11.1. The monoisotopic (exact) mass is 133 g/mol. The summed E-state index contributed by atoms with van der Waals surface area (Å²) in [6.45, 7) is 2.11. The van der Waals surface area contributed by atoms with Crippen molar-refractivity contribution in [3.63, 3.8) is 0 Å². The summed E-state index contributed by atoms with van der Waals surface area (Å²) < 4.78 is 4.55. The summed E-state index contributed by atoms with van der Waals surface area (Å²) in [6.07, 6.45) is 0.426. The lowest BCUT2D eigenvalue weighted by Gasteiger charge is -1.97. The molecule has 4 nitrogen and oxygen atoms in total. The van der Waals surface area contributed by atoms with Crippen LogP contribution in [0.5, 0.6) is 0 Å². The Kier molecular flexibility index (Phi) is 12.6. The van der Waals surface area contributed by atoms with Crippen LogP contribution in [0.25, 0.3) is 0 Å². The number of methoxy groups -OCH3 is 1. The molecule has 9 heavy (non-hydrogen) atoms. The molecule has 0 aliphatic carbocycles. The first-order valence-corrected chi connectivity index (χ1v) is 2.39. The van der Waals surface area contributed by atoms with Crippen LogP contribution in [0.15, 0.2) is 0 Å². The van der Waals surface area contributed by atoms with E-state index in [4.69, 9.17) is 15.5 Å². The van der Waals surface area contributed by atoms with Crippen LogP contribution in [-0.4, -0.2) is 30.0 Å². The van der Waals surface area contributed by atoms with Crippen molar-refractivity contribution >= 4 is 0 Å². The molecule has 0 aliphatic rings. The van der Waals surface area contributed by atoms with E-state index in [1.165, 1.54) is 0 Å². The zero-order chi connectivity index (χ0) is 7.70. The van der Waals surface area contributed by atoms with Gasteiger partial charge in [-0.25, -0.2) is 0 Å². The van der Waals surface area contributed by atoms with Crippen molar-refractivity contribution < 1.29 is 14.9 Å². The van der Waals surface area contributed by atoms with E-state index in [1.807, 2.05) is 0 Å². The first-order valence-electron chi connectivity index (χ1n) is 2.39. The van der Waals surface area contributed by atoms with E-state index in [0.717, 1.165) is 6.26 Å². The molecule has 0 aromatic heterocycles. The standard InChI is InChI=1S/C4H10O2.CHNO/c1-4(5)3-6-2;2-1-3/h4-5H,3H2,1-2H3;3H. The lowest BCUT2D eigenvalue weighted by molar-refractivity contribution is 0.0765. The third-order valence-corrected chi connectivity index (χ3v) is 0.408. The lowest BCUT2D eigenvalue weighted by atomic mass is 10.5. The molecular weight excluding hydrogens is 122 g/mol. The number of ether oxygens (including phenoxy) is 1. The van der Waals surface area contributed by atoms with Gasteiger partial charge in [-0.15, -0.1) is 0 Å². The topological polar surface area (TPSA) is 73.5 Å². The van der Waals surface area contributed by atoms with Gasteiger partial charge in [0.1, 0.15) is 0 Å². The SMILES string of the molecule is COCC(C)O.N#CO. The van der Waals surface area contributed by atoms with Gasteiger partial charge in [0.25, 0.3) is 6.26 Å². The Hall–Kier alpha value is -0.790. The molecular formula is C5H11NO3. The Morgan fingerprint density at radius 2 is 2.11 bits per heavy atom. The average Bonchev–Trinajstić information content (AvgIpc) is 1.67. The molecule has 0 aliphatic heterocycles. The fraction of sp³-hybridized carbons (Fsp3) is 0.800. The van der Waals surface area contributed by atoms with Crippen molar-refractivity contribution in [1.29, 1.82) is 5.26 Å². The predicted octanol–water partition coefficient (Wildman–Crippen LogP) is -0.146. The highest BCUT2D eigenvalue weighted by Crippen LogP contribution is 1.75. The van der Waals surface area contributed by atoms with Crippen LogP contribution >= 0.6 is 0 Å². The molecule has 0 saturated carbocycles. The maximum atomic E-state index is 8.43. The van der Waals surface area contributed by atoms with Gasteiger partial charge in [0.05, 0.1) is 12.7 Å². The van der Waals surface area contributed by atoms with E-state index >= 15 is 0 Å². The highest BCUT2D eigenvalue weighted by atomic mass is 16.5. The van der Waals surface area contributed by atoms with E-state index in [1.54, 1.807) is 14.0 Å². The van der Waals surface area contributed by atoms with Gasteiger partial charge in [0.15, 0.2) is 0 Å². The summed E-state index contributed by atoms with van der Waals surface area (Å²) in [4.78, 5) is 0. The lowest BCUT2D eigenvalue weighted by Crippen LogP contribution is -2.07. The van der Waals surface area contributed by atoms with Crippen molar-refractivity contribution in [2.75, 3.05) is 13.7 Å². The number of nitriles is 1. The van der Waals surface area contributed by atoms with Crippen molar-refractivity contribution in [3.8, 4) is 6.26 Å². The summed E-state index contributed by atoms with van der Waals surface area (Å²) in [7, 11) is 1.56. The number of hydrogen-bond donors (Lipinski definition) is 2. The molecule has 0 saturated heterocycles. The molecule has 4 heteroatoms. The predicted molar refractivity (Wildman–Crippen MR) is 31.1 cm³/mol. The van der Waals surface area contributed by atoms with Gasteiger partial charge in [0, 0.05) is 7.11 Å².